The van der Waals surface area contributed by atoms with Gasteiger partial charge in [0.25, 0.3) is 0 Å². The Morgan fingerprint density at radius 2 is 1.50 bits per heavy atom. The van der Waals surface area contributed by atoms with E-state index in [1.54, 1.807) is 49.4 Å². The third-order valence-corrected chi connectivity index (χ3v) is 7.43. The molecule has 2 N–H and O–H groups in total. The van der Waals surface area contributed by atoms with Gasteiger partial charge < -0.3 is 10.6 Å². The monoisotopic (exact) mass is 506 g/mol. The summed E-state index contributed by atoms with van der Waals surface area (Å²) in [6, 6.07) is 16.5. The number of amides is 2. The van der Waals surface area contributed by atoms with Gasteiger partial charge in [0.1, 0.15) is 0 Å². The van der Waals surface area contributed by atoms with Crippen LogP contribution in [0.4, 0.5) is 16.2 Å². The number of carbonyl (C=O) groups excluding carboxylic acids is 1. The minimum Gasteiger partial charge on any atom is -0.308 e. The van der Waals surface area contributed by atoms with Crippen LogP contribution in [0.15, 0.2) is 70.0 Å². The summed E-state index contributed by atoms with van der Waals surface area (Å²) in [5, 5.41) is 5.98. The van der Waals surface area contributed by atoms with Crippen LogP contribution >= 0.6 is 27.5 Å². The SMILES string of the molecule is Cc1cc(NC(=O)Nc2ccc(C)c(S(=O)(=O)Cc3ccc(Cl)cc3)c2)ccc1Br. The molecule has 0 saturated carbocycles. The van der Waals surface area contributed by atoms with Gasteiger partial charge in [-0.1, -0.05) is 45.7 Å². The molecular formula is C22H20BrClN2O3S. The highest BCUT2D eigenvalue weighted by Crippen LogP contribution is 2.25. The largest absolute Gasteiger partial charge is 0.323 e. The first-order valence-corrected chi connectivity index (χ1v) is 11.9. The summed E-state index contributed by atoms with van der Waals surface area (Å²) < 4.78 is 26.8. The third kappa shape index (κ3) is 5.62. The number of benzene rings is 3. The van der Waals surface area contributed by atoms with E-state index in [4.69, 9.17) is 11.6 Å². The minimum atomic E-state index is -3.60. The average Bonchev–Trinajstić information content (AvgIpc) is 2.68. The molecule has 2 amide bonds. The number of anilines is 2. The lowest BCUT2D eigenvalue weighted by Gasteiger charge is -2.12. The van der Waals surface area contributed by atoms with Crippen molar-refractivity contribution in [1.82, 2.24) is 0 Å². The molecule has 0 aliphatic heterocycles. The molecule has 3 aromatic rings. The Morgan fingerprint density at radius 3 is 2.13 bits per heavy atom. The number of aryl methyl sites for hydroxylation is 2. The van der Waals surface area contributed by atoms with Gasteiger partial charge in [0, 0.05) is 20.9 Å². The highest BCUT2D eigenvalue weighted by atomic mass is 79.9. The fraction of sp³-hybridized carbons (Fsp3) is 0.136. The Hall–Kier alpha value is -2.35. The number of halogens is 2. The number of hydrogen-bond donors (Lipinski definition) is 2. The van der Waals surface area contributed by atoms with Crippen LogP contribution in [0.3, 0.4) is 0 Å². The maximum absolute atomic E-state index is 12.9. The van der Waals surface area contributed by atoms with Gasteiger partial charge in [-0.25, -0.2) is 13.2 Å². The number of sulfone groups is 1. The standard InChI is InChI=1S/C22H20BrClN2O3S/c1-14-3-8-19(26-22(27)25-18-9-10-20(23)15(2)11-18)12-21(14)30(28,29)13-16-4-6-17(24)7-5-16/h3-12H,13H2,1-2H3,(H2,25,26,27). The van der Waals surface area contributed by atoms with E-state index in [2.05, 4.69) is 26.6 Å². The molecule has 0 atom stereocenters. The van der Waals surface area contributed by atoms with Gasteiger partial charge in [-0.2, -0.15) is 0 Å². The van der Waals surface area contributed by atoms with E-state index < -0.39 is 15.9 Å². The van der Waals surface area contributed by atoms with E-state index in [-0.39, 0.29) is 10.6 Å². The smallest absolute Gasteiger partial charge is 0.308 e. The van der Waals surface area contributed by atoms with Crippen molar-refractivity contribution in [1.29, 1.82) is 0 Å². The van der Waals surface area contributed by atoms with Crippen LogP contribution in [0.1, 0.15) is 16.7 Å². The van der Waals surface area contributed by atoms with E-state index in [1.807, 2.05) is 19.1 Å². The van der Waals surface area contributed by atoms with Crippen molar-refractivity contribution in [3.8, 4) is 0 Å². The van der Waals surface area contributed by atoms with E-state index in [0.29, 0.717) is 27.5 Å². The first-order chi connectivity index (χ1) is 14.1. The fourth-order valence-electron chi connectivity index (χ4n) is 2.91. The summed E-state index contributed by atoms with van der Waals surface area (Å²) in [5.74, 6) is -0.154. The summed E-state index contributed by atoms with van der Waals surface area (Å²) in [5.41, 5.74) is 3.26. The van der Waals surface area contributed by atoms with Gasteiger partial charge in [0.05, 0.1) is 10.6 Å². The first-order valence-electron chi connectivity index (χ1n) is 9.06. The molecule has 0 fully saturated rings. The molecule has 0 radical (unpaired) electrons. The van der Waals surface area contributed by atoms with E-state index in [1.165, 1.54) is 6.07 Å². The molecule has 0 spiro atoms. The fourth-order valence-corrected chi connectivity index (χ4v) is 4.93. The van der Waals surface area contributed by atoms with Gasteiger partial charge in [-0.15, -0.1) is 0 Å². The van der Waals surface area contributed by atoms with Crippen molar-refractivity contribution in [2.75, 3.05) is 10.6 Å². The number of carbonyl (C=O) groups is 1. The summed E-state index contributed by atoms with van der Waals surface area (Å²) in [4.78, 5) is 12.5. The lowest BCUT2D eigenvalue weighted by Crippen LogP contribution is -2.20. The molecule has 0 aliphatic rings. The average molecular weight is 508 g/mol. The van der Waals surface area contributed by atoms with Crippen LogP contribution in [-0.2, 0) is 15.6 Å². The lowest BCUT2D eigenvalue weighted by atomic mass is 10.2. The van der Waals surface area contributed by atoms with Crippen LogP contribution in [0.25, 0.3) is 0 Å². The molecule has 3 rings (SSSR count). The number of urea groups is 1. The molecule has 0 heterocycles. The van der Waals surface area contributed by atoms with Crippen LogP contribution < -0.4 is 10.6 Å². The second kappa shape index (κ2) is 9.20. The van der Waals surface area contributed by atoms with Crippen LogP contribution in [-0.4, -0.2) is 14.4 Å². The molecule has 0 saturated heterocycles. The zero-order chi connectivity index (χ0) is 21.9. The maximum Gasteiger partial charge on any atom is 0.323 e. The predicted molar refractivity (Wildman–Crippen MR) is 125 cm³/mol. The highest BCUT2D eigenvalue weighted by Gasteiger charge is 2.19. The number of rotatable bonds is 5. The zero-order valence-electron chi connectivity index (χ0n) is 16.4. The Bertz CT molecular complexity index is 1200. The molecule has 8 heteroatoms. The number of hydrogen-bond acceptors (Lipinski definition) is 3. The summed E-state index contributed by atoms with van der Waals surface area (Å²) in [6.45, 7) is 3.65. The van der Waals surface area contributed by atoms with Crippen molar-refractivity contribution in [2.24, 2.45) is 0 Å². The molecule has 0 aliphatic carbocycles. The summed E-state index contributed by atoms with van der Waals surface area (Å²) in [7, 11) is -3.60. The molecular weight excluding hydrogens is 488 g/mol. The van der Waals surface area contributed by atoms with Crippen molar-refractivity contribution in [2.45, 2.75) is 24.5 Å². The van der Waals surface area contributed by atoms with Crippen molar-refractivity contribution < 1.29 is 13.2 Å². The second-order valence-electron chi connectivity index (χ2n) is 6.91. The molecule has 0 aromatic heterocycles. The molecule has 0 bridgehead atoms. The topological polar surface area (TPSA) is 75.3 Å². The zero-order valence-corrected chi connectivity index (χ0v) is 19.5. The normalized spacial score (nSPS) is 11.2. The Kier molecular flexibility index (Phi) is 6.85. The first kappa shape index (κ1) is 22.3. The van der Waals surface area contributed by atoms with E-state index in [0.717, 1.165) is 10.0 Å². The van der Waals surface area contributed by atoms with Crippen molar-refractivity contribution in [3.63, 3.8) is 0 Å². The van der Waals surface area contributed by atoms with Gasteiger partial charge >= 0.3 is 6.03 Å². The molecule has 5 nitrogen and oxygen atoms in total. The highest BCUT2D eigenvalue weighted by molar-refractivity contribution is 9.10. The lowest BCUT2D eigenvalue weighted by molar-refractivity contribution is 0.262. The van der Waals surface area contributed by atoms with E-state index in [9.17, 15) is 13.2 Å². The second-order valence-corrected chi connectivity index (χ2v) is 10.2. The minimum absolute atomic E-state index is 0.154. The van der Waals surface area contributed by atoms with Crippen molar-refractivity contribution in [3.05, 3.63) is 86.8 Å². The molecule has 0 unspecified atom stereocenters. The van der Waals surface area contributed by atoms with Crippen LogP contribution in [0.5, 0.6) is 0 Å². The van der Waals surface area contributed by atoms with Crippen LogP contribution in [0.2, 0.25) is 5.02 Å². The van der Waals surface area contributed by atoms with Gasteiger partial charge in [-0.05, 0) is 73.0 Å². The predicted octanol–water partition coefficient (Wildman–Crippen LogP) is 6.34. The van der Waals surface area contributed by atoms with Crippen LogP contribution in [0, 0.1) is 13.8 Å². The van der Waals surface area contributed by atoms with Gasteiger partial charge in [0.15, 0.2) is 9.84 Å². The van der Waals surface area contributed by atoms with Gasteiger partial charge in [0.2, 0.25) is 0 Å². The third-order valence-electron chi connectivity index (χ3n) is 4.47. The quantitative estimate of drug-likeness (QED) is 0.423. The number of nitrogens with one attached hydrogen (secondary N) is 2. The Labute approximate surface area is 189 Å². The summed E-state index contributed by atoms with van der Waals surface area (Å²) >= 11 is 9.29. The van der Waals surface area contributed by atoms with Gasteiger partial charge in [-0.3, -0.25) is 0 Å². The summed E-state index contributed by atoms with van der Waals surface area (Å²) in [6.07, 6.45) is 0. The van der Waals surface area contributed by atoms with E-state index >= 15 is 0 Å². The Morgan fingerprint density at radius 1 is 0.900 bits per heavy atom. The molecule has 3 aromatic carbocycles. The molecule has 156 valence electrons. The Balaban J connectivity index is 1.77. The van der Waals surface area contributed by atoms with Crippen molar-refractivity contribution >= 4 is 54.8 Å². The molecule has 30 heavy (non-hydrogen) atoms. The maximum atomic E-state index is 12.9.